The topological polar surface area (TPSA) is 433 Å². The highest BCUT2D eigenvalue weighted by atomic mass is 16.8. The number of nitrogens with one attached hydrogen (secondary N) is 3. The molecule has 0 aromatic heterocycles. The lowest BCUT2D eigenvalue weighted by atomic mass is 9.92. The Bertz CT molecular complexity index is 1560. The fourth-order valence-corrected chi connectivity index (χ4v) is 8.48. The van der Waals surface area contributed by atoms with Gasteiger partial charge in [0, 0.05) is 20.8 Å². The lowest BCUT2D eigenvalue weighted by molar-refractivity contribution is -0.380. The number of ether oxygens (including phenoxy) is 9. The number of amides is 3. The normalized spacial score (nSPS) is 47.1. The molecule has 5 rings (SSSR count). The number of carbonyl (C=O) groups excluding carboxylic acids is 3. The lowest BCUT2D eigenvalue weighted by Crippen LogP contribution is -2.70. The van der Waals surface area contributed by atoms with E-state index < -0.39 is 204 Å². The highest BCUT2D eigenvalue weighted by Gasteiger charge is 2.57. The van der Waals surface area contributed by atoms with Crippen LogP contribution < -0.4 is 16.0 Å². The summed E-state index contributed by atoms with van der Waals surface area (Å²) in [4.78, 5) is 36.6. The third-order valence-electron chi connectivity index (χ3n) is 11.8. The Kier molecular flexibility index (Phi) is 19.1. The van der Waals surface area contributed by atoms with Crippen LogP contribution in [0.3, 0.4) is 0 Å². The van der Waals surface area contributed by atoms with Crippen LogP contribution in [-0.2, 0) is 57.0 Å². The maximum Gasteiger partial charge on any atom is 0.217 e. The Balaban J connectivity index is 1.38. The minimum absolute atomic E-state index is 0.560. The van der Waals surface area contributed by atoms with Crippen LogP contribution in [0.25, 0.3) is 0 Å². The Hall–Kier alpha value is -2.47. The van der Waals surface area contributed by atoms with Gasteiger partial charge in [-0.3, -0.25) is 14.4 Å². The average Bonchev–Trinajstić information content (AvgIpc) is 3.25. The molecule has 28 nitrogen and oxygen atoms in total. The van der Waals surface area contributed by atoms with E-state index in [4.69, 9.17) is 42.6 Å². The Morgan fingerprint density at radius 2 is 0.708 bits per heavy atom. The predicted octanol–water partition coefficient (Wildman–Crippen LogP) is -10.4. The minimum Gasteiger partial charge on any atom is -0.394 e. The smallest absolute Gasteiger partial charge is 0.217 e. The molecule has 0 aromatic carbocycles. The van der Waals surface area contributed by atoms with E-state index in [0.717, 1.165) is 13.8 Å². The molecule has 16 N–H and O–H groups in total. The molecule has 5 fully saturated rings. The molecule has 0 aromatic rings. The van der Waals surface area contributed by atoms with Gasteiger partial charge in [-0.15, -0.1) is 0 Å². The van der Waals surface area contributed by atoms with E-state index in [9.17, 15) is 80.8 Å². The maximum atomic E-state index is 12.5. The third kappa shape index (κ3) is 11.9. The first kappa shape index (κ1) is 53.5. The summed E-state index contributed by atoms with van der Waals surface area (Å²) in [6.45, 7) is 0.439. The number of rotatable bonds is 16. The molecule has 5 aliphatic heterocycles. The van der Waals surface area contributed by atoms with Crippen LogP contribution in [0, 0.1) is 0 Å². The minimum atomic E-state index is -2.10. The van der Waals surface area contributed by atoms with Crippen LogP contribution in [0.2, 0.25) is 0 Å². The fraction of sp³-hybridized carbons (Fsp3) is 0.919. The second-order valence-corrected chi connectivity index (χ2v) is 16.5. The zero-order valence-electron chi connectivity index (χ0n) is 35.7. The summed E-state index contributed by atoms with van der Waals surface area (Å²) in [6.07, 6.45) is -38.0. The van der Waals surface area contributed by atoms with Crippen LogP contribution in [0.15, 0.2) is 0 Å². The first-order chi connectivity index (χ1) is 30.7. The Labute approximate surface area is 370 Å². The molecule has 5 aliphatic rings. The molecule has 65 heavy (non-hydrogen) atoms. The fourth-order valence-electron chi connectivity index (χ4n) is 8.48. The standard InChI is InChI=1S/C37H63N3O25/c1-10-19(38-11(2)46)31(23(50)15(6-42)57-10)63-37-29(56)33(25(52)17(8-44)60-37)65-35-21(40-13(4)48)27(54)30(18(9-45)61-35)62-36-28(55)32(24(51)16(7-43)59-36)64-34-20(39-12(3)47)26(53)22(49)14(5-41)58-34/h10,14-37,41-45,49-56H,5-9H2,1-4H3,(H,38,46)(H,39,47)(H,40,48)/t10-,14?,15?,16?,17?,18?,19?,20?,21?,22+,23-,24-,25-,26+,27+,28?,29?,30+,31+,32-,33-,34-,35-,36-,37+/m0/s1. The molecule has 3 amide bonds. The van der Waals surface area contributed by atoms with Gasteiger partial charge < -0.3 is 125 Å². The summed E-state index contributed by atoms with van der Waals surface area (Å²) >= 11 is 0. The first-order valence-corrected chi connectivity index (χ1v) is 20.9. The SMILES string of the molecule is CC(=O)NC1[C@H](O[C@@H]2C(O)[C@H](O[C@@H]3C(CO)O[C@@H](O[C@@H]4C(O)[C@@H](O[C@@H]5C(NC(C)=O)[C@H](C)OC(CO)[C@@H]5O)OC(CO)[C@@H]4O)C(NC(C)=O)[C@H]3O)OC(CO)[C@@H]2O)OC(CO)[C@@H](O)[C@@H]1O. The van der Waals surface area contributed by atoms with Gasteiger partial charge in [-0.2, -0.15) is 0 Å². The second kappa shape index (κ2) is 23.2. The van der Waals surface area contributed by atoms with Gasteiger partial charge in [0.25, 0.3) is 0 Å². The number of hydrogen-bond donors (Lipinski definition) is 16. The summed E-state index contributed by atoms with van der Waals surface area (Å²) in [5.41, 5.74) is 0. The van der Waals surface area contributed by atoms with Crippen molar-refractivity contribution in [3.05, 3.63) is 0 Å². The highest BCUT2D eigenvalue weighted by Crippen LogP contribution is 2.36. The number of aliphatic hydroxyl groups is 13. The molecule has 376 valence electrons. The van der Waals surface area contributed by atoms with Crippen molar-refractivity contribution in [2.75, 3.05) is 33.0 Å². The molecule has 5 heterocycles. The van der Waals surface area contributed by atoms with Crippen molar-refractivity contribution in [3.8, 4) is 0 Å². The largest absolute Gasteiger partial charge is 0.394 e. The summed E-state index contributed by atoms with van der Waals surface area (Å²) in [7, 11) is 0. The van der Waals surface area contributed by atoms with Crippen LogP contribution in [0.4, 0.5) is 0 Å². The zero-order chi connectivity index (χ0) is 48.2. The van der Waals surface area contributed by atoms with Gasteiger partial charge in [0.2, 0.25) is 17.7 Å². The monoisotopic (exact) mass is 949 g/mol. The number of hydrogen-bond acceptors (Lipinski definition) is 25. The molecule has 0 saturated carbocycles. The molecule has 0 aliphatic carbocycles. The van der Waals surface area contributed by atoms with E-state index >= 15 is 0 Å². The molecule has 25 atom stereocenters. The highest BCUT2D eigenvalue weighted by molar-refractivity contribution is 5.74. The van der Waals surface area contributed by atoms with Crippen molar-refractivity contribution in [2.45, 2.75) is 181 Å². The van der Waals surface area contributed by atoms with Gasteiger partial charge in [0.1, 0.15) is 116 Å². The summed E-state index contributed by atoms with van der Waals surface area (Å²) in [6, 6.07) is -4.35. The van der Waals surface area contributed by atoms with Gasteiger partial charge >= 0.3 is 0 Å². The average molecular weight is 950 g/mol. The quantitative estimate of drug-likeness (QED) is 0.0683. The van der Waals surface area contributed by atoms with Gasteiger partial charge in [-0.05, 0) is 6.92 Å². The van der Waals surface area contributed by atoms with Gasteiger partial charge in [0.15, 0.2) is 25.2 Å². The molecule has 0 spiro atoms. The van der Waals surface area contributed by atoms with Crippen LogP contribution in [0.1, 0.15) is 27.7 Å². The van der Waals surface area contributed by atoms with Crippen molar-refractivity contribution in [1.82, 2.24) is 16.0 Å². The lowest BCUT2D eigenvalue weighted by Gasteiger charge is -2.50. The van der Waals surface area contributed by atoms with Gasteiger partial charge in [0.05, 0.1) is 45.2 Å². The molecule has 5 saturated heterocycles. The summed E-state index contributed by atoms with van der Waals surface area (Å²) < 4.78 is 52.0. The molecule has 10 unspecified atom stereocenters. The number of carbonyl (C=O) groups is 3. The second-order valence-electron chi connectivity index (χ2n) is 16.5. The van der Waals surface area contributed by atoms with E-state index in [2.05, 4.69) is 16.0 Å². The van der Waals surface area contributed by atoms with Crippen LogP contribution in [0.5, 0.6) is 0 Å². The van der Waals surface area contributed by atoms with Gasteiger partial charge in [-0.25, -0.2) is 0 Å². The van der Waals surface area contributed by atoms with E-state index in [1.807, 2.05) is 0 Å². The molecular weight excluding hydrogens is 886 g/mol. The van der Waals surface area contributed by atoms with Crippen molar-refractivity contribution in [3.63, 3.8) is 0 Å². The van der Waals surface area contributed by atoms with Gasteiger partial charge in [-0.1, -0.05) is 0 Å². The molecule has 0 bridgehead atoms. The Morgan fingerprint density at radius 3 is 1.14 bits per heavy atom. The summed E-state index contributed by atoms with van der Waals surface area (Å²) in [5, 5.41) is 147. The molecule has 0 radical (unpaired) electrons. The van der Waals surface area contributed by atoms with Crippen molar-refractivity contribution < 1.29 is 123 Å². The van der Waals surface area contributed by atoms with Crippen LogP contribution >= 0.6 is 0 Å². The van der Waals surface area contributed by atoms with Crippen molar-refractivity contribution in [2.24, 2.45) is 0 Å². The third-order valence-corrected chi connectivity index (χ3v) is 11.8. The zero-order valence-corrected chi connectivity index (χ0v) is 35.7. The number of aliphatic hydroxyl groups excluding tert-OH is 13. The van der Waals surface area contributed by atoms with Crippen molar-refractivity contribution in [1.29, 1.82) is 0 Å². The predicted molar refractivity (Wildman–Crippen MR) is 205 cm³/mol. The molecule has 28 heteroatoms. The molecular formula is C37H63N3O25. The summed E-state index contributed by atoms with van der Waals surface area (Å²) in [5.74, 6) is -2.09. The maximum absolute atomic E-state index is 12.5. The van der Waals surface area contributed by atoms with Crippen LogP contribution in [-0.4, -0.2) is 270 Å². The van der Waals surface area contributed by atoms with E-state index in [-0.39, 0.29) is 0 Å². The van der Waals surface area contributed by atoms with Crippen molar-refractivity contribution >= 4 is 17.7 Å². The van der Waals surface area contributed by atoms with E-state index in [0.29, 0.717) is 0 Å². The van der Waals surface area contributed by atoms with E-state index in [1.54, 1.807) is 0 Å². The van der Waals surface area contributed by atoms with E-state index in [1.165, 1.54) is 13.8 Å². The Morgan fingerprint density at radius 1 is 0.385 bits per heavy atom. The first-order valence-electron chi connectivity index (χ1n) is 20.9.